The van der Waals surface area contributed by atoms with Gasteiger partial charge in [0.25, 0.3) is 0 Å². The molecule has 0 unspecified atom stereocenters. The summed E-state index contributed by atoms with van der Waals surface area (Å²) in [5, 5.41) is 0. The minimum Gasteiger partial charge on any atom is -0.327 e. The highest BCUT2D eigenvalue weighted by Gasteiger charge is 2.16. The van der Waals surface area contributed by atoms with E-state index in [9.17, 15) is 4.79 Å². The number of ketones is 1. The first-order chi connectivity index (χ1) is 5.27. The van der Waals surface area contributed by atoms with E-state index >= 15 is 0 Å². The number of carbonyl (C=O) groups excluding carboxylic acids is 1. The molecule has 0 spiro atoms. The van der Waals surface area contributed by atoms with Crippen molar-refractivity contribution in [1.82, 2.24) is 9.55 Å². The molecule has 0 saturated carbocycles. The summed E-state index contributed by atoms with van der Waals surface area (Å²) in [7, 11) is 0. The van der Waals surface area contributed by atoms with Gasteiger partial charge in [0.15, 0.2) is 5.78 Å². The molecule has 2 rings (SSSR count). The monoisotopic (exact) mass is 150 g/mol. The van der Waals surface area contributed by atoms with Crippen LogP contribution in [0.4, 0.5) is 0 Å². The highest BCUT2D eigenvalue weighted by Crippen LogP contribution is 2.14. The average molecular weight is 150 g/mol. The van der Waals surface area contributed by atoms with Gasteiger partial charge in [-0.1, -0.05) is 0 Å². The van der Waals surface area contributed by atoms with E-state index in [0.717, 1.165) is 12.1 Å². The number of aromatic nitrogens is 2. The molecule has 11 heavy (non-hydrogen) atoms. The van der Waals surface area contributed by atoms with Crippen molar-refractivity contribution >= 4 is 5.78 Å². The fraction of sp³-hybridized carbons (Fsp3) is 0.500. The summed E-state index contributed by atoms with van der Waals surface area (Å²) in [4.78, 5) is 15.1. The zero-order valence-corrected chi connectivity index (χ0v) is 6.50. The Morgan fingerprint density at radius 2 is 2.36 bits per heavy atom. The number of Topliss-reactive ketones (excluding diaryl/α,β-unsaturated/α-hetero) is 1. The lowest BCUT2D eigenvalue weighted by molar-refractivity contribution is -0.120. The van der Waals surface area contributed by atoms with Crippen molar-refractivity contribution in [2.45, 2.75) is 26.3 Å². The maximum Gasteiger partial charge on any atom is 0.152 e. The Bertz CT molecular complexity index is 301. The van der Waals surface area contributed by atoms with Crippen molar-refractivity contribution in [3.8, 4) is 0 Å². The molecule has 3 heteroatoms. The number of fused-ring (bicyclic) bond motifs is 1. The van der Waals surface area contributed by atoms with Crippen molar-refractivity contribution in [1.29, 1.82) is 0 Å². The summed E-state index contributed by atoms with van der Waals surface area (Å²) < 4.78 is 1.95. The Morgan fingerprint density at radius 1 is 1.55 bits per heavy atom. The van der Waals surface area contributed by atoms with Gasteiger partial charge in [-0.3, -0.25) is 4.79 Å². The average Bonchev–Trinajstić information content (AvgIpc) is 2.32. The van der Waals surface area contributed by atoms with Crippen LogP contribution in [0.5, 0.6) is 0 Å². The van der Waals surface area contributed by atoms with Gasteiger partial charge in [0, 0.05) is 12.1 Å². The summed E-state index contributed by atoms with van der Waals surface area (Å²) in [6.45, 7) is 2.51. The number of rotatable bonds is 0. The van der Waals surface area contributed by atoms with Crippen LogP contribution in [0.3, 0.4) is 0 Å². The number of aryl methyl sites for hydroxylation is 1. The lowest BCUT2D eigenvalue weighted by Crippen LogP contribution is -2.18. The lowest BCUT2D eigenvalue weighted by Gasteiger charge is -2.12. The fourth-order valence-corrected chi connectivity index (χ4v) is 1.50. The summed E-state index contributed by atoms with van der Waals surface area (Å²) >= 11 is 0. The van der Waals surface area contributed by atoms with E-state index in [-0.39, 0.29) is 0 Å². The van der Waals surface area contributed by atoms with Crippen LogP contribution in [0.25, 0.3) is 0 Å². The highest BCUT2D eigenvalue weighted by molar-refractivity contribution is 5.79. The molecule has 1 aromatic rings. The molecule has 1 aromatic heterocycles. The zero-order chi connectivity index (χ0) is 7.84. The summed E-state index contributed by atoms with van der Waals surface area (Å²) in [5.74, 6) is 0.315. The smallest absolute Gasteiger partial charge is 0.152 e. The molecule has 1 aliphatic rings. The van der Waals surface area contributed by atoms with E-state index in [2.05, 4.69) is 4.98 Å². The molecule has 0 fully saturated rings. The molecule has 0 amide bonds. The Kier molecular flexibility index (Phi) is 1.31. The van der Waals surface area contributed by atoms with E-state index in [4.69, 9.17) is 0 Å². The van der Waals surface area contributed by atoms with E-state index < -0.39 is 0 Å². The molecule has 0 aromatic carbocycles. The minimum absolute atomic E-state index is 0.315. The quantitative estimate of drug-likeness (QED) is 0.545. The third kappa shape index (κ3) is 0.964. The molecule has 58 valence electrons. The van der Waals surface area contributed by atoms with Crippen LogP contribution in [0.2, 0.25) is 0 Å². The molecule has 3 nitrogen and oxygen atoms in total. The molecule has 0 radical (unpaired) electrons. The Hall–Kier alpha value is -1.12. The van der Waals surface area contributed by atoms with Crippen LogP contribution < -0.4 is 0 Å². The van der Waals surface area contributed by atoms with Gasteiger partial charge in [0.2, 0.25) is 0 Å². The highest BCUT2D eigenvalue weighted by atomic mass is 16.1. The predicted molar refractivity (Wildman–Crippen MR) is 40.3 cm³/mol. The molecule has 1 aliphatic heterocycles. The fourth-order valence-electron chi connectivity index (χ4n) is 1.50. The number of hydrogen-bond acceptors (Lipinski definition) is 2. The standard InChI is InChI=1S/C8H10N2O/c1-6-8-3-2-7(11)4-10(8)5-9-6/h5H,2-4H2,1H3. The van der Waals surface area contributed by atoms with Crippen LogP contribution in [0, 0.1) is 6.92 Å². The van der Waals surface area contributed by atoms with Crippen LogP contribution >= 0.6 is 0 Å². The molecular formula is C8H10N2O. The topological polar surface area (TPSA) is 34.9 Å². The summed E-state index contributed by atoms with van der Waals surface area (Å²) in [6.07, 6.45) is 3.30. The molecule has 0 saturated heterocycles. The molecule has 0 N–H and O–H groups in total. The second-order valence-corrected chi connectivity index (χ2v) is 2.94. The first-order valence-electron chi connectivity index (χ1n) is 3.79. The second kappa shape index (κ2) is 2.19. The van der Waals surface area contributed by atoms with Gasteiger partial charge < -0.3 is 4.57 Å². The van der Waals surface area contributed by atoms with Crippen molar-refractivity contribution in [3.05, 3.63) is 17.7 Å². The zero-order valence-electron chi connectivity index (χ0n) is 6.50. The predicted octanol–water partition coefficient (Wildman–Crippen LogP) is 0.707. The maximum absolute atomic E-state index is 11.0. The van der Waals surface area contributed by atoms with E-state index in [1.165, 1.54) is 5.69 Å². The van der Waals surface area contributed by atoms with Gasteiger partial charge in [-0.25, -0.2) is 4.98 Å². The van der Waals surface area contributed by atoms with E-state index in [1.54, 1.807) is 6.33 Å². The van der Waals surface area contributed by atoms with Crippen LogP contribution in [-0.4, -0.2) is 15.3 Å². The third-order valence-electron chi connectivity index (χ3n) is 2.14. The number of carbonyl (C=O) groups is 1. The van der Waals surface area contributed by atoms with Crippen LogP contribution in [0.15, 0.2) is 6.33 Å². The van der Waals surface area contributed by atoms with Gasteiger partial charge in [0.1, 0.15) is 0 Å². The maximum atomic E-state index is 11.0. The SMILES string of the molecule is Cc1ncn2c1CCC(=O)C2. The Labute approximate surface area is 65.1 Å². The Balaban J connectivity index is 2.44. The van der Waals surface area contributed by atoms with Crippen LogP contribution in [-0.2, 0) is 17.8 Å². The molecular weight excluding hydrogens is 140 g/mol. The van der Waals surface area contributed by atoms with Gasteiger partial charge in [-0.05, 0) is 13.3 Å². The summed E-state index contributed by atoms with van der Waals surface area (Å²) in [6, 6.07) is 0. The van der Waals surface area contributed by atoms with E-state index in [0.29, 0.717) is 18.7 Å². The normalized spacial score (nSPS) is 16.6. The van der Waals surface area contributed by atoms with Gasteiger partial charge in [-0.2, -0.15) is 0 Å². The van der Waals surface area contributed by atoms with Gasteiger partial charge >= 0.3 is 0 Å². The largest absolute Gasteiger partial charge is 0.327 e. The molecule has 0 aliphatic carbocycles. The van der Waals surface area contributed by atoms with Crippen molar-refractivity contribution in [2.75, 3.05) is 0 Å². The first kappa shape index (κ1) is 6.58. The molecule has 0 bridgehead atoms. The van der Waals surface area contributed by atoms with Crippen LogP contribution in [0.1, 0.15) is 17.8 Å². The Morgan fingerprint density at radius 3 is 3.18 bits per heavy atom. The van der Waals surface area contributed by atoms with Crippen molar-refractivity contribution in [3.63, 3.8) is 0 Å². The molecule has 0 atom stereocenters. The van der Waals surface area contributed by atoms with E-state index in [1.807, 2.05) is 11.5 Å². The summed E-state index contributed by atoms with van der Waals surface area (Å²) in [5.41, 5.74) is 2.29. The third-order valence-corrected chi connectivity index (χ3v) is 2.14. The second-order valence-electron chi connectivity index (χ2n) is 2.94. The number of imidazole rings is 1. The van der Waals surface area contributed by atoms with Gasteiger partial charge in [0.05, 0.1) is 18.6 Å². The lowest BCUT2D eigenvalue weighted by atomic mass is 10.1. The first-order valence-corrected chi connectivity index (χ1v) is 3.79. The number of hydrogen-bond donors (Lipinski definition) is 0. The van der Waals surface area contributed by atoms with Crippen molar-refractivity contribution in [2.24, 2.45) is 0 Å². The number of nitrogens with zero attached hydrogens (tertiary/aromatic N) is 2. The van der Waals surface area contributed by atoms with Gasteiger partial charge in [-0.15, -0.1) is 0 Å². The van der Waals surface area contributed by atoms with Crippen molar-refractivity contribution < 1.29 is 4.79 Å². The molecule has 2 heterocycles. The minimum atomic E-state index is 0.315.